The van der Waals surface area contributed by atoms with Gasteiger partial charge in [0.2, 0.25) is 0 Å². The average Bonchev–Trinajstić information content (AvgIpc) is 2.61. The number of nitrogens with one attached hydrogen (secondary N) is 2. The zero-order chi connectivity index (χ0) is 17.8. The smallest absolute Gasteiger partial charge is 0.320 e. The molecular formula is C17H17N5O3. The number of anilines is 1. The maximum Gasteiger partial charge on any atom is 0.320 e. The van der Waals surface area contributed by atoms with Crippen molar-refractivity contribution in [1.29, 1.82) is 0 Å². The molecule has 0 bridgehead atoms. The van der Waals surface area contributed by atoms with Crippen LogP contribution in [0.2, 0.25) is 0 Å². The Balaban J connectivity index is 1.96. The van der Waals surface area contributed by atoms with Crippen LogP contribution in [-0.2, 0) is 0 Å². The Kier molecular flexibility index (Phi) is 4.60. The predicted molar refractivity (Wildman–Crippen MR) is 93.7 cm³/mol. The minimum absolute atomic E-state index is 0.0558. The first-order valence-electron chi connectivity index (χ1n) is 7.66. The van der Waals surface area contributed by atoms with Crippen molar-refractivity contribution in [3.63, 3.8) is 0 Å². The Morgan fingerprint density at radius 3 is 2.84 bits per heavy atom. The molecule has 0 fully saturated rings. The third kappa shape index (κ3) is 3.57. The topological polar surface area (TPSA) is 109 Å². The van der Waals surface area contributed by atoms with Gasteiger partial charge in [-0.05, 0) is 37.3 Å². The van der Waals surface area contributed by atoms with E-state index in [1.165, 1.54) is 13.3 Å². The number of phenols is 1. The molecule has 0 aliphatic rings. The van der Waals surface area contributed by atoms with Gasteiger partial charge in [-0.3, -0.25) is 5.32 Å². The first-order valence-corrected chi connectivity index (χ1v) is 7.66. The van der Waals surface area contributed by atoms with E-state index in [2.05, 4.69) is 25.6 Å². The summed E-state index contributed by atoms with van der Waals surface area (Å²) in [6.45, 7) is 2.34. The zero-order valence-corrected chi connectivity index (χ0v) is 13.8. The van der Waals surface area contributed by atoms with E-state index in [0.29, 0.717) is 35.0 Å². The first kappa shape index (κ1) is 16.4. The van der Waals surface area contributed by atoms with Crippen LogP contribution in [0, 0.1) is 0 Å². The molecule has 0 saturated carbocycles. The molecule has 0 atom stereocenters. The second-order valence-corrected chi connectivity index (χ2v) is 5.17. The molecule has 0 saturated heterocycles. The molecule has 25 heavy (non-hydrogen) atoms. The number of carbonyl (C=O) groups is 1. The number of methoxy groups -OCH3 is 1. The van der Waals surface area contributed by atoms with Gasteiger partial charge in [0.25, 0.3) is 0 Å². The van der Waals surface area contributed by atoms with E-state index in [-0.39, 0.29) is 11.8 Å². The number of hydrogen-bond acceptors (Lipinski definition) is 6. The lowest BCUT2D eigenvalue weighted by molar-refractivity contribution is 0.252. The van der Waals surface area contributed by atoms with Crippen LogP contribution >= 0.6 is 0 Å². The van der Waals surface area contributed by atoms with Crippen molar-refractivity contribution in [3.8, 4) is 22.8 Å². The molecule has 8 heteroatoms. The quantitative estimate of drug-likeness (QED) is 0.674. The van der Waals surface area contributed by atoms with Gasteiger partial charge in [-0.15, -0.1) is 0 Å². The molecule has 3 rings (SSSR count). The largest absolute Gasteiger partial charge is 0.504 e. The monoisotopic (exact) mass is 339 g/mol. The Bertz CT molecular complexity index is 929. The van der Waals surface area contributed by atoms with Crippen molar-refractivity contribution >= 4 is 23.0 Å². The van der Waals surface area contributed by atoms with Gasteiger partial charge >= 0.3 is 6.03 Å². The van der Waals surface area contributed by atoms with Crippen LogP contribution in [0.3, 0.4) is 0 Å². The van der Waals surface area contributed by atoms with E-state index in [1.807, 2.05) is 6.92 Å². The standard InChI is InChI=1S/C17H17N5O3/c1-3-18-17(24)22-15-9-19-12-6-5-11(20-16(12)21-15)10-4-7-13(23)14(8-10)25-2/h4-9,23H,3H2,1-2H3,(H2,18,20,21,22,24). The van der Waals surface area contributed by atoms with Crippen molar-refractivity contribution in [3.05, 3.63) is 36.5 Å². The predicted octanol–water partition coefficient (Wildman–Crippen LogP) is 2.55. The highest BCUT2D eigenvalue weighted by molar-refractivity contribution is 5.89. The average molecular weight is 339 g/mol. The normalized spacial score (nSPS) is 10.5. The van der Waals surface area contributed by atoms with Gasteiger partial charge in [-0.1, -0.05) is 0 Å². The number of amides is 2. The van der Waals surface area contributed by atoms with E-state index in [0.717, 1.165) is 5.56 Å². The van der Waals surface area contributed by atoms with Crippen molar-refractivity contribution in [2.24, 2.45) is 0 Å². The fourth-order valence-electron chi connectivity index (χ4n) is 2.28. The second kappa shape index (κ2) is 7.00. The van der Waals surface area contributed by atoms with Gasteiger partial charge in [0.15, 0.2) is 23.0 Å². The summed E-state index contributed by atoms with van der Waals surface area (Å²) in [5.41, 5.74) is 2.42. The summed E-state index contributed by atoms with van der Waals surface area (Å²) < 4.78 is 5.12. The number of hydrogen-bond donors (Lipinski definition) is 3. The number of aromatic hydroxyl groups is 1. The number of pyridine rings is 1. The molecule has 0 unspecified atom stereocenters. The molecule has 0 spiro atoms. The fourth-order valence-corrected chi connectivity index (χ4v) is 2.28. The summed E-state index contributed by atoms with van der Waals surface area (Å²) in [5, 5.41) is 14.9. The Morgan fingerprint density at radius 2 is 2.08 bits per heavy atom. The lowest BCUT2D eigenvalue weighted by Gasteiger charge is -2.08. The molecule has 2 heterocycles. The van der Waals surface area contributed by atoms with E-state index >= 15 is 0 Å². The van der Waals surface area contributed by atoms with Crippen molar-refractivity contribution in [1.82, 2.24) is 20.3 Å². The first-order chi connectivity index (χ1) is 12.1. The summed E-state index contributed by atoms with van der Waals surface area (Å²) in [6, 6.07) is 8.21. The van der Waals surface area contributed by atoms with E-state index in [9.17, 15) is 9.90 Å². The minimum atomic E-state index is -0.351. The van der Waals surface area contributed by atoms with E-state index < -0.39 is 0 Å². The molecule has 3 aromatic rings. The number of aromatic nitrogens is 3. The number of benzene rings is 1. The van der Waals surface area contributed by atoms with Crippen LogP contribution < -0.4 is 15.4 Å². The highest BCUT2D eigenvalue weighted by Crippen LogP contribution is 2.31. The van der Waals surface area contributed by atoms with Crippen molar-refractivity contribution < 1.29 is 14.6 Å². The van der Waals surface area contributed by atoms with Gasteiger partial charge in [-0.2, -0.15) is 0 Å². The van der Waals surface area contributed by atoms with E-state index in [1.54, 1.807) is 30.3 Å². The third-order valence-corrected chi connectivity index (χ3v) is 3.46. The Hall–Kier alpha value is -3.42. The van der Waals surface area contributed by atoms with Crippen LogP contribution in [0.1, 0.15) is 6.92 Å². The van der Waals surface area contributed by atoms with Crippen LogP contribution in [0.5, 0.6) is 11.5 Å². The molecule has 0 aliphatic carbocycles. The highest BCUT2D eigenvalue weighted by atomic mass is 16.5. The molecule has 8 nitrogen and oxygen atoms in total. The third-order valence-electron chi connectivity index (χ3n) is 3.46. The summed E-state index contributed by atoms with van der Waals surface area (Å²) in [4.78, 5) is 24.6. The Labute approximate surface area is 143 Å². The summed E-state index contributed by atoms with van der Waals surface area (Å²) in [7, 11) is 1.48. The number of fused-ring (bicyclic) bond motifs is 1. The lowest BCUT2D eigenvalue weighted by atomic mass is 10.1. The molecule has 0 aliphatic heterocycles. The van der Waals surface area contributed by atoms with Gasteiger partial charge in [-0.25, -0.2) is 19.7 Å². The highest BCUT2D eigenvalue weighted by Gasteiger charge is 2.09. The molecule has 3 N–H and O–H groups in total. The minimum Gasteiger partial charge on any atom is -0.504 e. The second-order valence-electron chi connectivity index (χ2n) is 5.17. The maximum absolute atomic E-state index is 11.6. The van der Waals surface area contributed by atoms with E-state index in [4.69, 9.17) is 4.74 Å². The Morgan fingerprint density at radius 1 is 1.24 bits per heavy atom. The number of rotatable bonds is 4. The van der Waals surface area contributed by atoms with Gasteiger partial charge in [0, 0.05) is 12.1 Å². The number of urea groups is 1. The van der Waals surface area contributed by atoms with Crippen LogP contribution in [0.15, 0.2) is 36.5 Å². The van der Waals surface area contributed by atoms with Crippen LogP contribution in [-0.4, -0.2) is 39.7 Å². The molecular weight excluding hydrogens is 322 g/mol. The van der Waals surface area contributed by atoms with Gasteiger partial charge in [0.05, 0.1) is 19.0 Å². The SMILES string of the molecule is CCNC(=O)Nc1cnc2ccc(-c3ccc(O)c(OC)c3)nc2n1. The molecule has 1 aromatic carbocycles. The molecule has 2 amide bonds. The number of phenolic OH excluding ortho intramolecular Hbond substituents is 1. The lowest BCUT2D eigenvalue weighted by Crippen LogP contribution is -2.28. The number of nitrogens with zero attached hydrogens (tertiary/aromatic N) is 3. The fraction of sp³-hybridized carbons (Fsp3) is 0.176. The number of ether oxygens (including phenoxy) is 1. The van der Waals surface area contributed by atoms with Gasteiger partial charge < -0.3 is 15.2 Å². The van der Waals surface area contributed by atoms with Crippen molar-refractivity contribution in [2.45, 2.75) is 6.92 Å². The summed E-state index contributed by atoms with van der Waals surface area (Å²) in [6.07, 6.45) is 1.47. The maximum atomic E-state index is 11.6. The molecule has 128 valence electrons. The zero-order valence-electron chi connectivity index (χ0n) is 13.8. The number of carbonyl (C=O) groups excluding carboxylic acids is 1. The summed E-state index contributed by atoms with van der Waals surface area (Å²) in [5.74, 6) is 0.726. The van der Waals surface area contributed by atoms with Crippen LogP contribution in [0.4, 0.5) is 10.6 Å². The summed E-state index contributed by atoms with van der Waals surface area (Å²) >= 11 is 0. The molecule has 0 radical (unpaired) electrons. The van der Waals surface area contributed by atoms with Crippen molar-refractivity contribution in [2.75, 3.05) is 19.0 Å². The van der Waals surface area contributed by atoms with Crippen LogP contribution in [0.25, 0.3) is 22.4 Å². The van der Waals surface area contributed by atoms with Gasteiger partial charge in [0.1, 0.15) is 5.52 Å². The molecule has 2 aromatic heterocycles.